The molecule has 0 radical (unpaired) electrons. The second-order valence-electron chi connectivity index (χ2n) is 8.72. The van der Waals surface area contributed by atoms with Gasteiger partial charge in [0, 0.05) is 32.0 Å². The topological polar surface area (TPSA) is 111 Å². The van der Waals surface area contributed by atoms with E-state index in [0.29, 0.717) is 18.5 Å². The van der Waals surface area contributed by atoms with Crippen LogP contribution < -0.4 is 4.74 Å². The van der Waals surface area contributed by atoms with Crippen LogP contribution in [0.2, 0.25) is 0 Å². The van der Waals surface area contributed by atoms with Gasteiger partial charge in [-0.2, -0.15) is 9.57 Å². The second-order valence-corrected chi connectivity index (χ2v) is 10.6. The molecule has 1 aliphatic heterocycles. The van der Waals surface area contributed by atoms with Crippen molar-refractivity contribution in [2.45, 2.75) is 44.2 Å². The number of carbonyl (C=O) groups is 1. The molecule has 1 heterocycles. The number of nitrogens with zero attached hydrogens (tertiary/aromatic N) is 3. The quantitative estimate of drug-likeness (QED) is 0.674. The molecule has 3 atom stereocenters. The molecule has 0 aliphatic carbocycles. The zero-order chi connectivity index (χ0) is 25.0. The molecule has 1 N–H and O–H groups in total. The Morgan fingerprint density at radius 2 is 1.91 bits per heavy atom. The summed E-state index contributed by atoms with van der Waals surface area (Å²) in [5, 5.41) is 18.8. The molecule has 0 bridgehead atoms. The number of benzene rings is 2. The predicted molar refractivity (Wildman–Crippen MR) is 129 cm³/mol. The highest BCUT2D eigenvalue weighted by Crippen LogP contribution is 2.36. The molecule has 0 unspecified atom stereocenters. The van der Waals surface area contributed by atoms with Crippen LogP contribution in [0.5, 0.6) is 5.75 Å². The van der Waals surface area contributed by atoms with Crippen LogP contribution in [-0.2, 0) is 14.8 Å². The number of ether oxygens (including phenoxy) is 1. The summed E-state index contributed by atoms with van der Waals surface area (Å²) < 4.78 is 34.8. The van der Waals surface area contributed by atoms with Crippen LogP contribution in [0.3, 0.4) is 0 Å². The summed E-state index contributed by atoms with van der Waals surface area (Å²) in [6.45, 7) is 5.48. The van der Waals surface area contributed by atoms with Gasteiger partial charge in [-0.1, -0.05) is 32.0 Å². The molecule has 2 aromatic rings. The summed E-state index contributed by atoms with van der Waals surface area (Å²) in [4.78, 5) is 13.8. The summed E-state index contributed by atoms with van der Waals surface area (Å²) in [6, 6.07) is 13.4. The summed E-state index contributed by atoms with van der Waals surface area (Å²) in [7, 11) is -2.24. The lowest BCUT2D eigenvalue weighted by Crippen LogP contribution is -2.50. The van der Waals surface area contributed by atoms with Crippen LogP contribution in [0.1, 0.15) is 32.8 Å². The molecule has 9 heteroatoms. The summed E-state index contributed by atoms with van der Waals surface area (Å²) in [5.41, 5.74) is 2.08. The Labute approximate surface area is 201 Å². The van der Waals surface area contributed by atoms with Crippen LogP contribution in [0.15, 0.2) is 47.4 Å². The van der Waals surface area contributed by atoms with E-state index in [9.17, 15) is 18.3 Å². The molecular formula is C25H31N3O5S. The molecule has 0 fully saturated rings. The number of aliphatic hydroxyl groups is 1. The third kappa shape index (κ3) is 5.25. The lowest BCUT2D eigenvalue weighted by molar-refractivity contribution is -0.131. The van der Waals surface area contributed by atoms with Gasteiger partial charge in [0.15, 0.2) is 0 Å². The van der Waals surface area contributed by atoms with Crippen molar-refractivity contribution in [1.82, 2.24) is 9.21 Å². The highest BCUT2D eigenvalue weighted by Gasteiger charge is 2.38. The maximum absolute atomic E-state index is 13.6. The van der Waals surface area contributed by atoms with Gasteiger partial charge < -0.3 is 14.7 Å². The average molecular weight is 486 g/mol. The predicted octanol–water partition coefficient (Wildman–Crippen LogP) is 2.86. The van der Waals surface area contributed by atoms with Gasteiger partial charge >= 0.3 is 0 Å². The Morgan fingerprint density at radius 1 is 1.26 bits per heavy atom. The van der Waals surface area contributed by atoms with Crippen LogP contribution >= 0.6 is 0 Å². The molecular weight excluding hydrogens is 454 g/mol. The molecule has 0 aromatic heterocycles. The van der Waals surface area contributed by atoms with Crippen LogP contribution in [0, 0.1) is 17.2 Å². The van der Waals surface area contributed by atoms with Gasteiger partial charge in [-0.3, -0.25) is 4.79 Å². The number of nitriles is 1. The number of amides is 1. The van der Waals surface area contributed by atoms with Gasteiger partial charge in [0.2, 0.25) is 15.9 Å². The normalized spacial score (nSPS) is 20.7. The number of sulfonamides is 1. The zero-order valence-corrected chi connectivity index (χ0v) is 20.7. The van der Waals surface area contributed by atoms with Crippen molar-refractivity contribution in [3.63, 3.8) is 0 Å². The van der Waals surface area contributed by atoms with E-state index in [0.717, 1.165) is 11.1 Å². The minimum atomic E-state index is -3.94. The Balaban J connectivity index is 2.11. The number of likely N-dealkylation sites (N-methyl/N-ethyl adjacent to an activating group) is 1. The maximum atomic E-state index is 13.6. The molecule has 34 heavy (non-hydrogen) atoms. The van der Waals surface area contributed by atoms with Gasteiger partial charge in [-0.05, 0) is 42.3 Å². The summed E-state index contributed by atoms with van der Waals surface area (Å²) >= 11 is 0. The van der Waals surface area contributed by atoms with E-state index in [2.05, 4.69) is 6.07 Å². The first-order valence-electron chi connectivity index (χ1n) is 11.3. The third-order valence-electron chi connectivity index (χ3n) is 6.20. The number of hydrogen-bond acceptors (Lipinski definition) is 6. The fourth-order valence-corrected chi connectivity index (χ4v) is 5.83. The smallest absolute Gasteiger partial charge is 0.247 e. The number of aliphatic hydroxyl groups excluding tert-OH is 1. The van der Waals surface area contributed by atoms with E-state index in [-0.39, 0.29) is 35.6 Å². The minimum Gasteiger partial charge on any atom is -0.487 e. The molecule has 0 saturated heterocycles. The molecule has 8 nitrogen and oxygen atoms in total. The number of fused-ring (bicyclic) bond motifs is 1. The maximum Gasteiger partial charge on any atom is 0.247 e. The van der Waals surface area contributed by atoms with Gasteiger partial charge in [-0.15, -0.1) is 0 Å². The Bertz CT molecular complexity index is 1170. The van der Waals surface area contributed by atoms with E-state index in [4.69, 9.17) is 10.00 Å². The number of hydrogen-bond donors (Lipinski definition) is 1. The van der Waals surface area contributed by atoms with E-state index in [1.807, 2.05) is 6.92 Å². The van der Waals surface area contributed by atoms with Crippen molar-refractivity contribution in [3.05, 3.63) is 48.0 Å². The van der Waals surface area contributed by atoms with E-state index in [1.165, 1.54) is 10.4 Å². The molecule has 3 rings (SSSR count). The number of rotatable bonds is 6. The van der Waals surface area contributed by atoms with E-state index >= 15 is 0 Å². The molecule has 182 valence electrons. The number of carbonyl (C=O) groups excluding carboxylic acids is 1. The first-order valence-corrected chi connectivity index (χ1v) is 12.7. The fourth-order valence-electron chi connectivity index (χ4n) is 4.00. The largest absolute Gasteiger partial charge is 0.487 e. The molecule has 1 aliphatic rings. The van der Waals surface area contributed by atoms with Crippen molar-refractivity contribution < 1.29 is 23.1 Å². The Hall–Kier alpha value is -2.93. The molecule has 0 spiro atoms. The van der Waals surface area contributed by atoms with Crippen LogP contribution in [0.25, 0.3) is 11.1 Å². The molecule has 0 saturated carbocycles. The van der Waals surface area contributed by atoms with Crippen molar-refractivity contribution >= 4 is 15.9 Å². The van der Waals surface area contributed by atoms with Crippen LogP contribution in [-0.4, -0.2) is 67.5 Å². The van der Waals surface area contributed by atoms with Gasteiger partial charge in [0.1, 0.15) is 16.7 Å². The fraction of sp³-hybridized carbons (Fsp3) is 0.440. The highest BCUT2D eigenvalue weighted by atomic mass is 32.2. The second kappa shape index (κ2) is 10.6. The lowest BCUT2D eigenvalue weighted by atomic mass is 10.0. The Morgan fingerprint density at radius 3 is 2.50 bits per heavy atom. The minimum absolute atomic E-state index is 0.0200. The van der Waals surface area contributed by atoms with Gasteiger partial charge in [0.25, 0.3) is 0 Å². The van der Waals surface area contributed by atoms with Crippen molar-refractivity contribution in [1.29, 1.82) is 5.26 Å². The van der Waals surface area contributed by atoms with Gasteiger partial charge in [-0.25, -0.2) is 8.42 Å². The SMILES string of the molecule is CCC(=O)N(C)C[C@H]1Oc2cc(-c3ccc(C#N)cc3)ccc2S(=O)(=O)N([C@@H](C)CO)C[C@@H]1C. The van der Waals surface area contributed by atoms with Gasteiger partial charge in [0.05, 0.1) is 24.8 Å². The first-order chi connectivity index (χ1) is 16.1. The summed E-state index contributed by atoms with van der Waals surface area (Å²) in [5.74, 6) is -0.0777. The highest BCUT2D eigenvalue weighted by molar-refractivity contribution is 7.89. The first kappa shape index (κ1) is 25.7. The Kier molecular flexibility index (Phi) is 7.97. The molecule has 2 aromatic carbocycles. The third-order valence-corrected chi connectivity index (χ3v) is 8.22. The molecule has 1 amide bonds. The van der Waals surface area contributed by atoms with E-state index in [1.54, 1.807) is 62.2 Å². The van der Waals surface area contributed by atoms with Crippen molar-refractivity contribution in [2.24, 2.45) is 5.92 Å². The monoisotopic (exact) mass is 485 g/mol. The van der Waals surface area contributed by atoms with Crippen LogP contribution in [0.4, 0.5) is 0 Å². The summed E-state index contributed by atoms with van der Waals surface area (Å²) in [6.07, 6.45) is -0.0987. The van der Waals surface area contributed by atoms with Crippen molar-refractivity contribution in [2.75, 3.05) is 26.7 Å². The standard InChI is InChI=1S/C25H31N3O5S/c1-5-25(30)27(4)15-23-17(2)14-28(18(3)16-29)34(31,32)24-11-10-21(12-22(24)33-23)20-8-6-19(13-26)7-9-20/h6-12,17-18,23,29H,5,14-16H2,1-4H3/t17-,18-,23+/m0/s1. The zero-order valence-electron chi connectivity index (χ0n) is 19.9. The van der Waals surface area contributed by atoms with E-state index < -0.39 is 22.2 Å². The lowest BCUT2D eigenvalue weighted by Gasteiger charge is -2.37. The average Bonchev–Trinajstić information content (AvgIpc) is 2.84. The van der Waals surface area contributed by atoms with Crippen molar-refractivity contribution in [3.8, 4) is 22.9 Å².